The first-order chi connectivity index (χ1) is 6.16. The number of nitrogens with one attached hydrogen (secondary N) is 1. The van der Waals surface area contributed by atoms with Gasteiger partial charge in [-0.25, -0.2) is 4.79 Å². The van der Waals surface area contributed by atoms with E-state index in [4.69, 9.17) is 5.11 Å². The van der Waals surface area contributed by atoms with Gasteiger partial charge in [0.1, 0.15) is 6.04 Å². The van der Waals surface area contributed by atoms with Crippen molar-refractivity contribution in [3.8, 4) is 0 Å². The molecule has 0 spiro atoms. The quantitative estimate of drug-likeness (QED) is 0.694. The predicted molar refractivity (Wildman–Crippen MR) is 53.1 cm³/mol. The summed E-state index contributed by atoms with van der Waals surface area (Å²) in [5.41, 5.74) is -0.431. The van der Waals surface area contributed by atoms with Crippen molar-refractivity contribution in [1.82, 2.24) is 10.2 Å². The molecule has 0 aromatic rings. The monoisotopic (exact) mass is 202 g/mol. The lowest BCUT2D eigenvalue weighted by Gasteiger charge is -2.31. The lowest BCUT2D eigenvalue weighted by molar-refractivity contribution is -0.133. The molecule has 2 N–H and O–H groups in total. The van der Waals surface area contributed by atoms with E-state index >= 15 is 0 Å². The average Bonchev–Trinajstić information content (AvgIpc) is 1.96. The molecule has 0 rings (SSSR count). The number of carbonyl (C=O) groups is 2. The summed E-state index contributed by atoms with van der Waals surface area (Å²) in [7, 11) is 3.20. The number of nitrogens with zero attached hydrogens (tertiary/aromatic N) is 1. The molecule has 0 aromatic carbocycles. The second kappa shape index (κ2) is 4.30. The van der Waals surface area contributed by atoms with E-state index in [9.17, 15) is 9.59 Å². The van der Waals surface area contributed by atoms with Crippen molar-refractivity contribution in [2.45, 2.75) is 26.8 Å². The van der Waals surface area contributed by atoms with Crippen LogP contribution in [0.3, 0.4) is 0 Å². The summed E-state index contributed by atoms with van der Waals surface area (Å²) in [5, 5.41) is 10.8. The maximum atomic E-state index is 11.6. The molecule has 0 aliphatic rings. The molecule has 2 amide bonds. The number of carbonyl (C=O) groups excluding carboxylic acids is 1. The molecule has 5 nitrogen and oxygen atoms in total. The Morgan fingerprint density at radius 2 is 1.71 bits per heavy atom. The number of likely N-dealkylation sites (N-methyl/N-ethyl adjacent to an activating group) is 1. The van der Waals surface area contributed by atoms with Crippen LogP contribution in [-0.4, -0.2) is 42.1 Å². The summed E-state index contributed by atoms with van der Waals surface area (Å²) in [6.07, 6.45) is -1.18. The zero-order valence-electron chi connectivity index (χ0n) is 9.29. The van der Waals surface area contributed by atoms with Crippen LogP contribution in [0.1, 0.15) is 20.8 Å². The van der Waals surface area contributed by atoms with E-state index in [2.05, 4.69) is 5.32 Å². The molecule has 0 heterocycles. The van der Waals surface area contributed by atoms with Crippen molar-refractivity contribution < 1.29 is 14.7 Å². The zero-order valence-corrected chi connectivity index (χ0v) is 9.29. The first-order valence-electron chi connectivity index (χ1n) is 4.37. The Balaban J connectivity index is 4.73. The van der Waals surface area contributed by atoms with Crippen LogP contribution in [0, 0.1) is 5.41 Å². The van der Waals surface area contributed by atoms with Crippen molar-refractivity contribution in [2.24, 2.45) is 5.41 Å². The SMILES string of the molecule is CN(C)C(=O)[C@@H](NC(=O)O)C(C)(C)C. The van der Waals surface area contributed by atoms with Crippen LogP contribution < -0.4 is 5.32 Å². The fraction of sp³-hybridized carbons (Fsp3) is 0.778. The molecule has 0 unspecified atom stereocenters. The third-order valence-electron chi connectivity index (χ3n) is 1.82. The minimum atomic E-state index is -1.18. The van der Waals surface area contributed by atoms with Gasteiger partial charge in [0.05, 0.1) is 0 Å². The minimum absolute atomic E-state index is 0.236. The number of carboxylic acid groups (broad SMARTS) is 1. The van der Waals surface area contributed by atoms with E-state index in [-0.39, 0.29) is 5.91 Å². The van der Waals surface area contributed by atoms with Crippen LogP contribution in [0.4, 0.5) is 4.79 Å². The lowest BCUT2D eigenvalue weighted by atomic mass is 9.86. The van der Waals surface area contributed by atoms with E-state index < -0.39 is 17.6 Å². The summed E-state index contributed by atoms with van der Waals surface area (Å²) in [6, 6.07) is -0.713. The Hall–Kier alpha value is -1.26. The van der Waals surface area contributed by atoms with Crippen LogP contribution >= 0.6 is 0 Å². The standard InChI is InChI=1S/C9H18N2O3/c1-9(2,3)6(10-8(13)14)7(12)11(4)5/h6,10H,1-5H3,(H,13,14)/t6-/m1/s1. The largest absolute Gasteiger partial charge is 0.465 e. The third kappa shape index (κ3) is 3.64. The van der Waals surface area contributed by atoms with Gasteiger partial charge in [-0.15, -0.1) is 0 Å². The van der Waals surface area contributed by atoms with Crippen LogP contribution in [0.15, 0.2) is 0 Å². The number of hydrogen-bond donors (Lipinski definition) is 2. The fourth-order valence-electron chi connectivity index (χ4n) is 1.03. The predicted octanol–water partition coefficient (Wildman–Crippen LogP) is 0.757. The topological polar surface area (TPSA) is 69.6 Å². The number of rotatable bonds is 2. The van der Waals surface area contributed by atoms with Gasteiger partial charge in [-0.2, -0.15) is 0 Å². The molecule has 0 saturated heterocycles. The van der Waals surface area contributed by atoms with Gasteiger partial charge in [-0.05, 0) is 5.41 Å². The van der Waals surface area contributed by atoms with Crippen molar-refractivity contribution in [1.29, 1.82) is 0 Å². The van der Waals surface area contributed by atoms with Gasteiger partial charge in [0, 0.05) is 14.1 Å². The molecule has 0 radical (unpaired) electrons. The molecule has 14 heavy (non-hydrogen) atoms. The van der Waals surface area contributed by atoms with E-state index in [1.807, 2.05) is 20.8 Å². The Bertz CT molecular complexity index is 231. The molecular formula is C9H18N2O3. The lowest BCUT2D eigenvalue weighted by Crippen LogP contribution is -2.52. The Kier molecular flexibility index (Phi) is 3.92. The molecule has 0 aliphatic carbocycles. The Morgan fingerprint density at radius 1 is 1.29 bits per heavy atom. The van der Waals surface area contributed by atoms with Gasteiger partial charge in [-0.1, -0.05) is 20.8 Å². The summed E-state index contributed by atoms with van der Waals surface area (Å²) < 4.78 is 0. The highest BCUT2D eigenvalue weighted by Crippen LogP contribution is 2.20. The number of amides is 2. The van der Waals surface area contributed by atoms with Gasteiger partial charge in [0.15, 0.2) is 0 Å². The number of hydrogen-bond acceptors (Lipinski definition) is 2. The highest BCUT2D eigenvalue weighted by molar-refractivity contribution is 5.85. The highest BCUT2D eigenvalue weighted by atomic mass is 16.4. The zero-order chi connectivity index (χ0) is 11.5. The smallest absolute Gasteiger partial charge is 0.405 e. The second-order valence-electron chi connectivity index (χ2n) is 4.48. The molecule has 82 valence electrons. The van der Waals surface area contributed by atoms with Gasteiger partial charge >= 0.3 is 6.09 Å². The fourth-order valence-corrected chi connectivity index (χ4v) is 1.03. The van der Waals surface area contributed by atoms with Crippen LogP contribution in [-0.2, 0) is 4.79 Å². The summed E-state index contributed by atoms with van der Waals surface area (Å²) in [4.78, 5) is 23.5. The molecule has 1 atom stereocenters. The summed E-state index contributed by atoms with van der Waals surface area (Å²) >= 11 is 0. The molecular weight excluding hydrogens is 184 g/mol. The van der Waals surface area contributed by atoms with Crippen LogP contribution in [0.2, 0.25) is 0 Å². The molecule has 0 saturated carbocycles. The molecule has 0 bridgehead atoms. The van der Waals surface area contributed by atoms with Crippen molar-refractivity contribution in [2.75, 3.05) is 14.1 Å². The maximum absolute atomic E-state index is 11.6. The molecule has 5 heteroatoms. The van der Waals surface area contributed by atoms with Crippen LogP contribution in [0.25, 0.3) is 0 Å². The normalized spacial score (nSPS) is 13.2. The average molecular weight is 202 g/mol. The third-order valence-corrected chi connectivity index (χ3v) is 1.82. The van der Waals surface area contributed by atoms with E-state index in [0.717, 1.165) is 0 Å². The van der Waals surface area contributed by atoms with Crippen molar-refractivity contribution in [3.63, 3.8) is 0 Å². The second-order valence-corrected chi connectivity index (χ2v) is 4.48. The van der Waals surface area contributed by atoms with Crippen molar-refractivity contribution in [3.05, 3.63) is 0 Å². The van der Waals surface area contributed by atoms with Gasteiger partial charge in [0.25, 0.3) is 0 Å². The van der Waals surface area contributed by atoms with Crippen LogP contribution in [0.5, 0.6) is 0 Å². The summed E-state index contributed by atoms with van der Waals surface area (Å²) in [5.74, 6) is -0.236. The molecule has 0 fully saturated rings. The van der Waals surface area contributed by atoms with E-state index in [0.29, 0.717) is 0 Å². The Morgan fingerprint density at radius 3 is 1.93 bits per heavy atom. The summed E-state index contributed by atoms with van der Waals surface area (Å²) in [6.45, 7) is 5.44. The van der Waals surface area contributed by atoms with Crippen molar-refractivity contribution >= 4 is 12.0 Å². The van der Waals surface area contributed by atoms with Gasteiger partial charge < -0.3 is 15.3 Å². The maximum Gasteiger partial charge on any atom is 0.405 e. The first-order valence-corrected chi connectivity index (χ1v) is 4.37. The minimum Gasteiger partial charge on any atom is -0.465 e. The highest BCUT2D eigenvalue weighted by Gasteiger charge is 2.33. The first kappa shape index (κ1) is 12.7. The van der Waals surface area contributed by atoms with Gasteiger partial charge in [-0.3, -0.25) is 4.79 Å². The van der Waals surface area contributed by atoms with E-state index in [1.54, 1.807) is 14.1 Å². The van der Waals surface area contributed by atoms with Gasteiger partial charge in [0.2, 0.25) is 5.91 Å². The molecule has 0 aromatic heterocycles. The molecule has 0 aliphatic heterocycles. The Labute approximate surface area is 84.1 Å². The van der Waals surface area contributed by atoms with E-state index in [1.165, 1.54) is 4.90 Å².